The van der Waals surface area contributed by atoms with Crippen LogP contribution in [0.4, 0.5) is 0 Å². The fourth-order valence-electron chi connectivity index (χ4n) is 3.96. The minimum absolute atomic E-state index is 0.376. The first-order chi connectivity index (χ1) is 10.1. The van der Waals surface area contributed by atoms with Gasteiger partial charge < -0.3 is 15.0 Å². The van der Waals surface area contributed by atoms with E-state index in [2.05, 4.69) is 24.1 Å². The maximum Gasteiger partial charge on any atom is 0.0546 e. The first kappa shape index (κ1) is 15.8. The van der Waals surface area contributed by atoms with Crippen molar-refractivity contribution in [1.29, 1.82) is 0 Å². The molecule has 3 nitrogen and oxygen atoms in total. The van der Waals surface area contributed by atoms with Gasteiger partial charge in [-0.25, -0.2) is 0 Å². The number of hydrogen-bond donors (Lipinski definition) is 1. The highest BCUT2D eigenvalue weighted by Crippen LogP contribution is 2.37. The third-order valence-electron chi connectivity index (χ3n) is 6.22. The zero-order valence-corrected chi connectivity index (χ0v) is 14.1. The van der Waals surface area contributed by atoms with Gasteiger partial charge in [-0.2, -0.15) is 0 Å². The predicted molar refractivity (Wildman–Crippen MR) is 87.6 cm³/mol. The van der Waals surface area contributed by atoms with Gasteiger partial charge in [0.05, 0.1) is 6.61 Å². The Bertz CT molecular complexity index is 326. The fraction of sp³-hybridized carbons (Fsp3) is 1.00. The van der Waals surface area contributed by atoms with E-state index in [9.17, 15) is 0 Å². The summed E-state index contributed by atoms with van der Waals surface area (Å²) in [6.45, 7) is 11.7. The first-order valence-corrected chi connectivity index (χ1v) is 9.17. The highest BCUT2D eigenvalue weighted by molar-refractivity contribution is 4.92. The van der Waals surface area contributed by atoms with Gasteiger partial charge in [0, 0.05) is 31.2 Å². The molecular weight excluding hydrogens is 260 g/mol. The summed E-state index contributed by atoms with van der Waals surface area (Å²) in [7, 11) is 0. The largest absolute Gasteiger partial charge is 0.381 e. The Morgan fingerprint density at radius 2 is 1.95 bits per heavy atom. The van der Waals surface area contributed by atoms with E-state index in [1.807, 2.05) is 0 Å². The van der Waals surface area contributed by atoms with E-state index in [1.165, 1.54) is 71.1 Å². The molecule has 0 radical (unpaired) electrons. The van der Waals surface area contributed by atoms with E-state index in [4.69, 9.17) is 4.74 Å². The van der Waals surface area contributed by atoms with Gasteiger partial charge >= 0.3 is 0 Å². The summed E-state index contributed by atoms with van der Waals surface area (Å²) in [4.78, 5) is 2.72. The molecule has 0 aromatic carbocycles. The van der Waals surface area contributed by atoms with Crippen LogP contribution in [0.3, 0.4) is 0 Å². The van der Waals surface area contributed by atoms with E-state index < -0.39 is 0 Å². The van der Waals surface area contributed by atoms with Crippen molar-refractivity contribution in [2.24, 2.45) is 10.8 Å². The fourth-order valence-corrected chi connectivity index (χ4v) is 3.96. The molecule has 0 aromatic rings. The molecule has 0 amide bonds. The number of nitrogens with zero attached hydrogens (tertiary/aromatic N) is 1. The van der Waals surface area contributed by atoms with Gasteiger partial charge in [-0.1, -0.05) is 20.3 Å². The highest BCUT2D eigenvalue weighted by Gasteiger charge is 2.38. The molecule has 1 saturated carbocycles. The van der Waals surface area contributed by atoms with Crippen LogP contribution in [-0.2, 0) is 4.74 Å². The maximum absolute atomic E-state index is 5.88. The monoisotopic (exact) mass is 294 g/mol. The quantitative estimate of drug-likeness (QED) is 0.815. The number of ether oxygens (including phenoxy) is 1. The lowest BCUT2D eigenvalue weighted by molar-refractivity contribution is -0.0350. The average Bonchev–Trinajstić information content (AvgIpc) is 3.33. The first-order valence-electron chi connectivity index (χ1n) is 9.17. The Morgan fingerprint density at radius 3 is 2.52 bits per heavy atom. The predicted octanol–water partition coefficient (Wildman–Crippen LogP) is 3.05. The summed E-state index contributed by atoms with van der Waals surface area (Å²) < 4.78 is 5.88. The third kappa shape index (κ3) is 4.20. The molecule has 2 heterocycles. The van der Waals surface area contributed by atoms with E-state index in [0.717, 1.165) is 19.3 Å². The van der Waals surface area contributed by atoms with Crippen molar-refractivity contribution in [3.63, 3.8) is 0 Å². The number of rotatable bonds is 6. The minimum atomic E-state index is 0.376. The number of likely N-dealkylation sites (tertiary alicyclic amines) is 1. The Labute approximate surface area is 130 Å². The molecule has 1 atom stereocenters. The van der Waals surface area contributed by atoms with Gasteiger partial charge in [0.25, 0.3) is 0 Å². The molecule has 3 aliphatic rings. The van der Waals surface area contributed by atoms with Gasteiger partial charge in [-0.15, -0.1) is 0 Å². The molecular formula is C18H34N2O. The van der Waals surface area contributed by atoms with Crippen LogP contribution in [0.25, 0.3) is 0 Å². The van der Waals surface area contributed by atoms with Gasteiger partial charge in [0.1, 0.15) is 0 Å². The molecule has 3 fully saturated rings. The molecule has 122 valence electrons. The molecule has 3 heteroatoms. The van der Waals surface area contributed by atoms with Crippen molar-refractivity contribution in [1.82, 2.24) is 10.2 Å². The topological polar surface area (TPSA) is 24.5 Å². The van der Waals surface area contributed by atoms with Crippen LogP contribution in [0.15, 0.2) is 0 Å². The molecule has 0 spiro atoms. The molecule has 0 bridgehead atoms. The Kier molecular flexibility index (Phi) is 4.92. The lowest BCUT2D eigenvalue weighted by atomic mass is 9.76. The lowest BCUT2D eigenvalue weighted by Crippen LogP contribution is -2.51. The van der Waals surface area contributed by atoms with E-state index >= 15 is 0 Å². The van der Waals surface area contributed by atoms with Gasteiger partial charge in [0.15, 0.2) is 0 Å². The molecule has 1 aliphatic carbocycles. The SMILES string of the molecule is CCC1(C)CCN(CC2(CNC3CC3)CCCOC2)CC1. The minimum Gasteiger partial charge on any atom is -0.381 e. The van der Waals surface area contributed by atoms with E-state index in [-0.39, 0.29) is 0 Å². The van der Waals surface area contributed by atoms with E-state index in [0.29, 0.717) is 10.8 Å². The van der Waals surface area contributed by atoms with Gasteiger partial charge in [-0.3, -0.25) is 0 Å². The van der Waals surface area contributed by atoms with Crippen molar-refractivity contribution in [3.05, 3.63) is 0 Å². The maximum atomic E-state index is 5.88. The van der Waals surface area contributed by atoms with Crippen LogP contribution in [0.5, 0.6) is 0 Å². The van der Waals surface area contributed by atoms with Crippen molar-refractivity contribution in [2.75, 3.05) is 39.4 Å². The van der Waals surface area contributed by atoms with Crippen LogP contribution in [0, 0.1) is 10.8 Å². The van der Waals surface area contributed by atoms with Crippen LogP contribution >= 0.6 is 0 Å². The second kappa shape index (κ2) is 6.55. The highest BCUT2D eigenvalue weighted by atomic mass is 16.5. The average molecular weight is 294 g/mol. The normalized spacial score (nSPS) is 34.0. The number of nitrogens with one attached hydrogen (secondary N) is 1. The van der Waals surface area contributed by atoms with Crippen molar-refractivity contribution < 1.29 is 4.74 Å². The summed E-state index contributed by atoms with van der Waals surface area (Å²) in [6, 6.07) is 0.813. The van der Waals surface area contributed by atoms with Gasteiger partial charge in [-0.05, 0) is 57.0 Å². The number of piperidine rings is 1. The van der Waals surface area contributed by atoms with Crippen LogP contribution in [0.2, 0.25) is 0 Å². The Morgan fingerprint density at radius 1 is 1.19 bits per heavy atom. The third-order valence-corrected chi connectivity index (χ3v) is 6.22. The van der Waals surface area contributed by atoms with Crippen LogP contribution < -0.4 is 5.32 Å². The molecule has 2 saturated heterocycles. The summed E-state index contributed by atoms with van der Waals surface area (Å²) in [5, 5.41) is 3.78. The summed E-state index contributed by atoms with van der Waals surface area (Å²) in [5.74, 6) is 0. The Balaban J connectivity index is 1.54. The van der Waals surface area contributed by atoms with Gasteiger partial charge in [0.2, 0.25) is 0 Å². The standard InChI is InChI=1S/C18H34N2O/c1-3-17(2)8-10-20(11-9-17)14-18(7-4-12-21-15-18)13-19-16-5-6-16/h16,19H,3-15H2,1-2H3. The molecule has 21 heavy (non-hydrogen) atoms. The summed E-state index contributed by atoms with van der Waals surface area (Å²) in [6.07, 6.45) is 9.43. The summed E-state index contributed by atoms with van der Waals surface area (Å²) in [5.41, 5.74) is 0.972. The molecule has 1 unspecified atom stereocenters. The Hall–Kier alpha value is -0.120. The van der Waals surface area contributed by atoms with Crippen LogP contribution in [-0.4, -0.2) is 50.3 Å². The second-order valence-corrected chi connectivity index (χ2v) is 8.25. The number of hydrogen-bond acceptors (Lipinski definition) is 3. The van der Waals surface area contributed by atoms with Crippen molar-refractivity contribution in [2.45, 2.75) is 64.8 Å². The van der Waals surface area contributed by atoms with Crippen molar-refractivity contribution >= 4 is 0 Å². The van der Waals surface area contributed by atoms with Crippen molar-refractivity contribution in [3.8, 4) is 0 Å². The molecule has 2 aliphatic heterocycles. The molecule has 3 rings (SSSR count). The molecule has 0 aromatic heterocycles. The second-order valence-electron chi connectivity index (χ2n) is 8.25. The summed E-state index contributed by atoms with van der Waals surface area (Å²) >= 11 is 0. The van der Waals surface area contributed by atoms with E-state index in [1.54, 1.807) is 0 Å². The smallest absolute Gasteiger partial charge is 0.0546 e. The zero-order chi connectivity index (χ0) is 14.8. The molecule has 1 N–H and O–H groups in total. The zero-order valence-electron chi connectivity index (χ0n) is 14.1. The van der Waals surface area contributed by atoms with Crippen LogP contribution in [0.1, 0.15) is 58.8 Å². The lowest BCUT2D eigenvalue weighted by Gasteiger charge is -2.45.